The summed E-state index contributed by atoms with van der Waals surface area (Å²) in [5.74, 6) is 0.802. The number of carbonyl (C=O) groups excluding carboxylic acids is 1. The molecule has 0 aromatic heterocycles. The summed E-state index contributed by atoms with van der Waals surface area (Å²) in [6.07, 6.45) is -3.01. The number of amides is 1. The molecule has 0 unspecified atom stereocenters. The molecule has 1 heterocycles. The predicted molar refractivity (Wildman–Crippen MR) is 102 cm³/mol. The van der Waals surface area contributed by atoms with Gasteiger partial charge in [0.25, 0.3) is 0 Å². The van der Waals surface area contributed by atoms with Crippen LogP contribution in [0.4, 0.5) is 13.2 Å². The third kappa shape index (κ3) is 3.50. The van der Waals surface area contributed by atoms with Crippen LogP contribution in [0, 0.1) is 10.8 Å². The molecule has 1 amide bonds. The van der Waals surface area contributed by atoms with Crippen molar-refractivity contribution in [2.45, 2.75) is 78.1 Å². The third-order valence-electron chi connectivity index (χ3n) is 6.73. The van der Waals surface area contributed by atoms with Crippen LogP contribution in [0.3, 0.4) is 0 Å². The molecule has 1 atom stereocenters. The van der Waals surface area contributed by atoms with Crippen LogP contribution in [-0.4, -0.2) is 29.6 Å². The second-order valence-corrected chi connectivity index (χ2v) is 8.28. The second kappa shape index (κ2) is 7.60. The lowest BCUT2D eigenvalue weighted by molar-refractivity contribution is -0.259. The maximum atomic E-state index is 13.5. The molecule has 4 aliphatic rings. The zero-order valence-electron chi connectivity index (χ0n) is 16.9. The highest BCUT2D eigenvalue weighted by Gasteiger charge is 2.63. The Morgan fingerprint density at radius 2 is 1.64 bits per heavy atom. The van der Waals surface area contributed by atoms with Crippen molar-refractivity contribution in [1.29, 1.82) is 0 Å². The topological polar surface area (TPSA) is 29.5 Å². The second-order valence-electron chi connectivity index (χ2n) is 8.28. The highest BCUT2D eigenvalue weighted by molar-refractivity contribution is 5.83. The number of carbonyl (C=O) groups is 1. The first-order chi connectivity index (χ1) is 13.2. The summed E-state index contributed by atoms with van der Waals surface area (Å²) >= 11 is 0. The maximum Gasteiger partial charge on any atom is 0.394 e. The number of para-hydroxylation sites is 1. The minimum atomic E-state index is -4.16. The highest BCUT2D eigenvalue weighted by atomic mass is 19.4. The van der Waals surface area contributed by atoms with Crippen molar-refractivity contribution in [1.82, 2.24) is 4.90 Å². The molecule has 0 spiro atoms. The summed E-state index contributed by atoms with van der Waals surface area (Å²) < 4.78 is 46.3. The van der Waals surface area contributed by atoms with Gasteiger partial charge in [0.05, 0.1) is 12.0 Å². The molecule has 6 heteroatoms. The molecule has 28 heavy (non-hydrogen) atoms. The van der Waals surface area contributed by atoms with Crippen molar-refractivity contribution in [3.8, 4) is 5.75 Å². The van der Waals surface area contributed by atoms with Crippen LogP contribution >= 0.6 is 0 Å². The van der Waals surface area contributed by atoms with E-state index in [9.17, 15) is 18.0 Å². The first kappa shape index (κ1) is 21.0. The van der Waals surface area contributed by atoms with E-state index in [4.69, 9.17) is 4.74 Å². The Hall–Kier alpha value is -1.72. The first-order valence-corrected chi connectivity index (χ1v) is 10.4. The molecule has 0 saturated heterocycles. The summed E-state index contributed by atoms with van der Waals surface area (Å²) in [4.78, 5) is 15.2. The van der Waals surface area contributed by atoms with Gasteiger partial charge >= 0.3 is 6.18 Å². The molecule has 0 radical (unpaired) electrons. The number of hydrogen-bond acceptors (Lipinski definition) is 2. The first-order valence-electron chi connectivity index (χ1n) is 10.4. The number of rotatable bonds is 1. The van der Waals surface area contributed by atoms with Gasteiger partial charge in [-0.3, -0.25) is 4.79 Å². The lowest BCUT2D eigenvalue weighted by atomic mass is 9.53. The van der Waals surface area contributed by atoms with Crippen molar-refractivity contribution in [2.24, 2.45) is 10.8 Å². The summed E-state index contributed by atoms with van der Waals surface area (Å²) in [5.41, 5.74) is -1.22. The van der Waals surface area contributed by atoms with Crippen molar-refractivity contribution >= 4 is 5.91 Å². The molecule has 5 rings (SSSR count). The number of alkyl halides is 3. The number of benzene rings is 1. The van der Waals surface area contributed by atoms with Crippen molar-refractivity contribution in [3.05, 3.63) is 29.8 Å². The third-order valence-corrected chi connectivity index (χ3v) is 6.73. The molecule has 2 bridgehead atoms. The molecule has 3 saturated carbocycles. The molecule has 1 aromatic carbocycles. The normalized spacial score (nSPS) is 31.8. The zero-order chi connectivity index (χ0) is 20.6. The van der Waals surface area contributed by atoms with E-state index in [0.717, 1.165) is 11.3 Å². The van der Waals surface area contributed by atoms with Crippen molar-refractivity contribution < 1.29 is 22.7 Å². The number of ether oxygens (including phenoxy) is 1. The zero-order valence-corrected chi connectivity index (χ0v) is 16.9. The van der Waals surface area contributed by atoms with E-state index < -0.39 is 17.0 Å². The van der Waals surface area contributed by atoms with Gasteiger partial charge in [0.1, 0.15) is 11.9 Å². The van der Waals surface area contributed by atoms with E-state index in [-0.39, 0.29) is 31.3 Å². The minimum absolute atomic E-state index is 0.0140. The summed E-state index contributed by atoms with van der Waals surface area (Å²) in [7, 11) is 0. The molecule has 3 nitrogen and oxygen atoms in total. The van der Waals surface area contributed by atoms with E-state index in [1.807, 2.05) is 49.9 Å². The fourth-order valence-electron chi connectivity index (χ4n) is 5.01. The summed E-state index contributed by atoms with van der Waals surface area (Å²) in [6.45, 7) is 6.86. The Morgan fingerprint density at radius 3 is 2.21 bits per heavy atom. The molecule has 3 fully saturated rings. The highest BCUT2D eigenvalue weighted by Crippen LogP contribution is 2.63. The standard InChI is InChI=1S/C20H24F3NO2.C2H6/c1-14-12-24(13-15-4-2-3-5-16(15)26-14)17(25)18-6-9-19(10-7-18,11-8-18)20(21,22)23;1-2/h2-5,14H,6-13H2,1H3;1-2H3/t14-,18?,19?;/m0./s1. The van der Waals surface area contributed by atoms with Crippen LogP contribution < -0.4 is 4.74 Å². The molecular formula is C22H30F3NO2. The maximum absolute atomic E-state index is 13.5. The van der Waals surface area contributed by atoms with Gasteiger partial charge in [0, 0.05) is 17.5 Å². The summed E-state index contributed by atoms with van der Waals surface area (Å²) in [6, 6.07) is 7.66. The van der Waals surface area contributed by atoms with Crippen LogP contribution in [0.15, 0.2) is 24.3 Å². The van der Waals surface area contributed by atoms with Gasteiger partial charge in [0.15, 0.2) is 0 Å². The number of nitrogens with zero attached hydrogens (tertiary/aromatic N) is 1. The van der Waals surface area contributed by atoms with Crippen molar-refractivity contribution in [2.75, 3.05) is 6.54 Å². The van der Waals surface area contributed by atoms with Gasteiger partial charge in [-0.2, -0.15) is 13.2 Å². The average Bonchev–Trinajstić information content (AvgIpc) is 2.87. The van der Waals surface area contributed by atoms with E-state index in [2.05, 4.69) is 0 Å². The van der Waals surface area contributed by atoms with E-state index in [1.165, 1.54) is 0 Å². The molecular weight excluding hydrogens is 367 g/mol. The Balaban J connectivity index is 0.00000109. The van der Waals surface area contributed by atoms with Gasteiger partial charge in [-0.05, 0) is 51.5 Å². The largest absolute Gasteiger partial charge is 0.489 e. The van der Waals surface area contributed by atoms with Gasteiger partial charge < -0.3 is 9.64 Å². The molecule has 156 valence electrons. The number of halogens is 3. The molecule has 1 aromatic rings. The van der Waals surface area contributed by atoms with Crippen LogP contribution in [0.25, 0.3) is 0 Å². The van der Waals surface area contributed by atoms with Crippen LogP contribution in [0.2, 0.25) is 0 Å². The fourth-order valence-corrected chi connectivity index (χ4v) is 5.01. The lowest BCUT2D eigenvalue weighted by Gasteiger charge is -2.53. The van der Waals surface area contributed by atoms with Crippen LogP contribution in [0.5, 0.6) is 5.75 Å². The van der Waals surface area contributed by atoms with E-state index >= 15 is 0 Å². The Bertz CT molecular complexity index is 691. The van der Waals surface area contributed by atoms with E-state index in [1.54, 1.807) is 0 Å². The molecule has 3 aliphatic carbocycles. The lowest BCUT2D eigenvalue weighted by Crippen LogP contribution is -2.55. The number of hydrogen-bond donors (Lipinski definition) is 0. The van der Waals surface area contributed by atoms with Gasteiger partial charge in [-0.1, -0.05) is 32.0 Å². The van der Waals surface area contributed by atoms with Crippen LogP contribution in [0.1, 0.15) is 64.9 Å². The monoisotopic (exact) mass is 397 g/mol. The molecule has 1 aliphatic heterocycles. The van der Waals surface area contributed by atoms with Gasteiger partial charge in [0.2, 0.25) is 5.91 Å². The van der Waals surface area contributed by atoms with Crippen LogP contribution in [-0.2, 0) is 11.3 Å². The van der Waals surface area contributed by atoms with Crippen molar-refractivity contribution in [3.63, 3.8) is 0 Å². The van der Waals surface area contributed by atoms with Gasteiger partial charge in [-0.15, -0.1) is 0 Å². The quantitative estimate of drug-likeness (QED) is 0.606. The fraction of sp³-hybridized carbons (Fsp3) is 0.682. The van der Waals surface area contributed by atoms with Gasteiger partial charge in [-0.25, -0.2) is 0 Å². The Labute approximate surface area is 165 Å². The van der Waals surface area contributed by atoms with E-state index in [0.29, 0.717) is 32.4 Å². The smallest absolute Gasteiger partial charge is 0.394 e. The predicted octanol–water partition coefficient (Wildman–Crippen LogP) is 5.73. The molecule has 0 N–H and O–H groups in total. The summed E-state index contributed by atoms with van der Waals surface area (Å²) in [5, 5.41) is 0. The number of fused-ring (bicyclic) bond motifs is 4. The Kier molecular flexibility index (Phi) is 5.70. The Morgan fingerprint density at radius 1 is 1.07 bits per heavy atom. The SMILES string of the molecule is CC.C[C@H]1CN(C(=O)C23CCC(C(F)(F)F)(CC2)CC3)Cc2ccccc2O1. The minimum Gasteiger partial charge on any atom is -0.489 e. The average molecular weight is 397 g/mol.